The first-order chi connectivity index (χ1) is 6.66. The number of aryl methyl sites for hydroxylation is 1. The molecular formula is C11H17N3. The number of rotatable bonds is 1. The van der Waals surface area contributed by atoms with Crippen LogP contribution in [0.2, 0.25) is 0 Å². The zero-order valence-corrected chi connectivity index (χ0v) is 9.12. The molecule has 0 unspecified atom stereocenters. The second-order valence-electron chi connectivity index (χ2n) is 4.20. The molecule has 1 aliphatic heterocycles. The summed E-state index contributed by atoms with van der Waals surface area (Å²) in [6.07, 6.45) is 3.04. The molecule has 14 heavy (non-hydrogen) atoms. The van der Waals surface area contributed by atoms with E-state index >= 15 is 0 Å². The fraction of sp³-hybridized carbons (Fsp3) is 0.636. The summed E-state index contributed by atoms with van der Waals surface area (Å²) in [5.74, 6) is 0.891. The summed E-state index contributed by atoms with van der Waals surface area (Å²) in [4.78, 5) is 11.2. The molecule has 1 aromatic rings. The highest BCUT2D eigenvalue weighted by Crippen LogP contribution is 2.17. The van der Waals surface area contributed by atoms with Crippen molar-refractivity contribution in [3.63, 3.8) is 0 Å². The molecule has 0 spiro atoms. The van der Waals surface area contributed by atoms with Gasteiger partial charge < -0.3 is 0 Å². The Balaban J connectivity index is 2.23. The van der Waals surface area contributed by atoms with Gasteiger partial charge >= 0.3 is 0 Å². The van der Waals surface area contributed by atoms with E-state index in [2.05, 4.69) is 28.7 Å². The summed E-state index contributed by atoms with van der Waals surface area (Å²) in [5, 5.41) is 0. The molecule has 1 aliphatic rings. The highest BCUT2D eigenvalue weighted by Gasteiger charge is 2.19. The normalized spacial score (nSPS) is 17.1. The molecule has 0 saturated heterocycles. The molecule has 0 bridgehead atoms. The minimum atomic E-state index is 0.615. The summed E-state index contributed by atoms with van der Waals surface area (Å²) in [6, 6.07) is 0.615. The lowest BCUT2D eigenvalue weighted by Crippen LogP contribution is -2.36. The van der Waals surface area contributed by atoms with E-state index in [1.165, 1.54) is 11.3 Å². The highest BCUT2D eigenvalue weighted by molar-refractivity contribution is 5.20. The summed E-state index contributed by atoms with van der Waals surface area (Å²) >= 11 is 0. The summed E-state index contributed by atoms with van der Waals surface area (Å²) in [5.41, 5.74) is 2.55. The molecule has 0 N–H and O–H groups in total. The Morgan fingerprint density at radius 2 is 2.21 bits per heavy atom. The van der Waals surface area contributed by atoms with Crippen molar-refractivity contribution >= 4 is 0 Å². The molecule has 1 aromatic heterocycles. The molecule has 2 heterocycles. The van der Waals surface area contributed by atoms with Crippen LogP contribution in [0.15, 0.2) is 6.20 Å². The molecule has 76 valence electrons. The van der Waals surface area contributed by atoms with Gasteiger partial charge in [-0.3, -0.25) is 4.90 Å². The van der Waals surface area contributed by atoms with Crippen LogP contribution in [0.25, 0.3) is 0 Å². The first-order valence-electron chi connectivity index (χ1n) is 5.22. The van der Waals surface area contributed by atoms with Crippen LogP contribution in [0.4, 0.5) is 0 Å². The van der Waals surface area contributed by atoms with E-state index in [9.17, 15) is 0 Å². The Bertz CT molecular complexity index is 333. The molecule has 0 radical (unpaired) electrons. The average molecular weight is 191 g/mol. The molecule has 0 saturated carbocycles. The van der Waals surface area contributed by atoms with E-state index in [0.717, 1.165) is 25.3 Å². The summed E-state index contributed by atoms with van der Waals surface area (Å²) in [6.45, 7) is 8.56. The zero-order valence-electron chi connectivity index (χ0n) is 9.12. The average Bonchev–Trinajstić information content (AvgIpc) is 2.16. The molecule has 2 rings (SSSR count). The van der Waals surface area contributed by atoms with E-state index in [0.29, 0.717) is 6.04 Å². The van der Waals surface area contributed by atoms with Crippen LogP contribution < -0.4 is 0 Å². The standard InChI is InChI=1S/C11H17N3/c1-8(2)14-5-4-11-10(7-14)6-12-9(3)13-11/h6,8H,4-5,7H2,1-3H3. The molecule has 0 amide bonds. The van der Waals surface area contributed by atoms with Crippen LogP contribution in [0.3, 0.4) is 0 Å². The van der Waals surface area contributed by atoms with Gasteiger partial charge in [0.1, 0.15) is 5.82 Å². The van der Waals surface area contributed by atoms with Crippen LogP contribution in [0.5, 0.6) is 0 Å². The summed E-state index contributed by atoms with van der Waals surface area (Å²) < 4.78 is 0. The van der Waals surface area contributed by atoms with E-state index in [-0.39, 0.29) is 0 Å². The van der Waals surface area contributed by atoms with Gasteiger partial charge in [0.15, 0.2) is 0 Å². The van der Waals surface area contributed by atoms with Crippen LogP contribution in [0, 0.1) is 6.92 Å². The third-order valence-electron chi connectivity index (χ3n) is 2.81. The Labute approximate surface area is 85.2 Å². The molecule has 3 nitrogen and oxygen atoms in total. The first kappa shape index (κ1) is 9.59. The van der Waals surface area contributed by atoms with Crippen molar-refractivity contribution in [1.29, 1.82) is 0 Å². The van der Waals surface area contributed by atoms with Gasteiger partial charge in [0.05, 0.1) is 0 Å². The van der Waals surface area contributed by atoms with Crippen molar-refractivity contribution < 1.29 is 0 Å². The molecular weight excluding hydrogens is 174 g/mol. The van der Waals surface area contributed by atoms with Gasteiger partial charge in [-0.25, -0.2) is 9.97 Å². The van der Waals surface area contributed by atoms with Crippen molar-refractivity contribution in [2.75, 3.05) is 6.54 Å². The fourth-order valence-corrected chi connectivity index (χ4v) is 1.88. The van der Waals surface area contributed by atoms with Gasteiger partial charge in [-0.2, -0.15) is 0 Å². The monoisotopic (exact) mass is 191 g/mol. The second-order valence-corrected chi connectivity index (χ2v) is 4.20. The Hall–Kier alpha value is -0.960. The number of nitrogens with zero attached hydrogens (tertiary/aromatic N) is 3. The minimum absolute atomic E-state index is 0.615. The lowest BCUT2D eigenvalue weighted by Gasteiger charge is -2.31. The Kier molecular flexibility index (Phi) is 2.50. The Morgan fingerprint density at radius 1 is 1.43 bits per heavy atom. The lowest BCUT2D eigenvalue weighted by atomic mass is 10.1. The number of hydrogen-bond donors (Lipinski definition) is 0. The number of hydrogen-bond acceptors (Lipinski definition) is 3. The molecule has 0 atom stereocenters. The number of fused-ring (bicyclic) bond motifs is 1. The maximum absolute atomic E-state index is 4.47. The van der Waals surface area contributed by atoms with Gasteiger partial charge in [-0.05, 0) is 20.8 Å². The van der Waals surface area contributed by atoms with E-state index < -0.39 is 0 Å². The van der Waals surface area contributed by atoms with Crippen LogP contribution in [-0.4, -0.2) is 27.5 Å². The Morgan fingerprint density at radius 3 is 2.93 bits per heavy atom. The molecule has 3 heteroatoms. The van der Waals surface area contributed by atoms with E-state index in [1.54, 1.807) is 0 Å². The smallest absolute Gasteiger partial charge is 0.125 e. The predicted octanol–water partition coefficient (Wildman–Crippen LogP) is 1.55. The quantitative estimate of drug-likeness (QED) is 0.674. The minimum Gasteiger partial charge on any atom is -0.296 e. The van der Waals surface area contributed by atoms with Gasteiger partial charge in [0.25, 0.3) is 0 Å². The third-order valence-corrected chi connectivity index (χ3v) is 2.81. The van der Waals surface area contributed by atoms with E-state index in [1.807, 2.05) is 13.1 Å². The van der Waals surface area contributed by atoms with Crippen molar-refractivity contribution in [3.05, 3.63) is 23.3 Å². The zero-order chi connectivity index (χ0) is 10.1. The van der Waals surface area contributed by atoms with Crippen molar-refractivity contribution in [1.82, 2.24) is 14.9 Å². The van der Waals surface area contributed by atoms with E-state index in [4.69, 9.17) is 0 Å². The van der Waals surface area contributed by atoms with Crippen LogP contribution in [-0.2, 0) is 13.0 Å². The van der Waals surface area contributed by atoms with Gasteiger partial charge in [-0.1, -0.05) is 0 Å². The molecule has 0 fully saturated rings. The summed E-state index contributed by atoms with van der Waals surface area (Å²) in [7, 11) is 0. The van der Waals surface area contributed by atoms with Crippen LogP contribution in [0.1, 0.15) is 30.9 Å². The highest BCUT2D eigenvalue weighted by atomic mass is 15.2. The second kappa shape index (κ2) is 3.65. The maximum atomic E-state index is 4.47. The number of aromatic nitrogens is 2. The van der Waals surface area contributed by atoms with Gasteiger partial charge in [-0.15, -0.1) is 0 Å². The first-order valence-corrected chi connectivity index (χ1v) is 5.22. The fourth-order valence-electron chi connectivity index (χ4n) is 1.88. The lowest BCUT2D eigenvalue weighted by molar-refractivity contribution is 0.201. The molecule has 0 aliphatic carbocycles. The topological polar surface area (TPSA) is 29.0 Å². The van der Waals surface area contributed by atoms with Gasteiger partial charge in [0, 0.05) is 43.0 Å². The SMILES string of the molecule is Cc1ncc2c(n1)CCN(C(C)C)C2. The van der Waals surface area contributed by atoms with Crippen molar-refractivity contribution in [3.8, 4) is 0 Å². The largest absolute Gasteiger partial charge is 0.296 e. The van der Waals surface area contributed by atoms with Crippen LogP contribution >= 0.6 is 0 Å². The van der Waals surface area contributed by atoms with Gasteiger partial charge in [0.2, 0.25) is 0 Å². The third kappa shape index (κ3) is 1.77. The predicted molar refractivity (Wildman–Crippen MR) is 56.0 cm³/mol. The van der Waals surface area contributed by atoms with Crippen molar-refractivity contribution in [2.24, 2.45) is 0 Å². The van der Waals surface area contributed by atoms with Crippen molar-refractivity contribution in [2.45, 2.75) is 39.8 Å². The maximum Gasteiger partial charge on any atom is 0.125 e. The molecule has 0 aromatic carbocycles.